The monoisotopic (exact) mass is 858 g/mol. The lowest BCUT2D eigenvalue weighted by Gasteiger charge is -2.51. The van der Waals surface area contributed by atoms with E-state index < -0.39 is 13.5 Å². The Balaban J connectivity index is 1.06. The van der Waals surface area contributed by atoms with Gasteiger partial charge in [-0.05, 0) is 126 Å². The van der Waals surface area contributed by atoms with E-state index in [0.29, 0.717) is 0 Å². The summed E-state index contributed by atoms with van der Waals surface area (Å²) in [6.45, 7) is 0. The molecule has 0 saturated carbocycles. The maximum Gasteiger partial charge on any atom is 0.182 e. The number of benzene rings is 10. The summed E-state index contributed by atoms with van der Waals surface area (Å²) in [6, 6.07) is 87.8. The summed E-state index contributed by atoms with van der Waals surface area (Å²) in [4.78, 5) is 5.09. The fourth-order valence-corrected chi connectivity index (χ4v) is 19.4. The predicted molar refractivity (Wildman–Crippen MR) is 276 cm³/mol. The first-order valence-corrected chi connectivity index (χ1v) is 25.4. The van der Waals surface area contributed by atoms with Crippen LogP contribution < -0.4 is 30.5 Å². The first-order valence-electron chi connectivity index (χ1n) is 22.6. The van der Waals surface area contributed by atoms with Gasteiger partial charge in [0.05, 0.1) is 28.2 Å². The van der Waals surface area contributed by atoms with Crippen molar-refractivity contribution in [3.63, 3.8) is 0 Å². The molecule has 0 fully saturated rings. The SMILES string of the molecule is c1ccc(N2c3ccccc3C3(c4ccccc42)c2ccccc2N(c2ccc4c(c2)[Si]2(c5ccccc5-c5ccccc52)c2ccccc2-4)c2cc4c(cc23)sc2ccccc24)cc1. The third-order valence-corrected chi connectivity index (χ3v) is 21.1. The van der Waals surface area contributed by atoms with E-state index in [1.54, 1.807) is 0 Å². The van der Waals surface area contributed by atoms with Gasteiger partial charge in [-0.2, -0.15) is 0 Å². The third kappa shape index (κ3) is 4.38. The normalized spacial score (nSPS) is 15.0. The molecule has 4 heteroatoms. The summed E-state index contributed by atoms with van der Waals surface area (Å²) in [5, 5.41) is 8.55. The molecule has 2 nitrogen and oxygen atoms in total. The lowest BCUT2D eigenvalue weighted by molar-refractivity contribution is 0.720. The largest absolute Gasteiger partial charge is 0.310 e. The van der Waals surface area contributed by atoms with Crippen LogP contribution in [0.3, 0.4) is 0 Å². The Morgan fingerprint density at radius 1 is 0.308 bits per heavy atom. The van der Waals surface area contributed by atoms with Crippen molar-refractivity contribution in [3.05, 3.63) is 253 Å². The van der Waals surface area contributed by atoms with Crippen molar-refractivity contribution in [1.82, 2.24) is 0 Å². The molecular weight excluding hydrogens is 821 g/mol. The fraction of sp³-hybridized carbons (Fsp3) is 0.0164. The van der Waals surface area contributed by atoms with Crippen molar-refractivity contribution in [2.45, 2.75) is 5.41 Å². The molecule has 15 rings (SSSR count). The summed E-state index contributed by atoms with van der Waals surface area (Å²) in [6.07, 6.45) is 0. The van der Waals surface area contributed by atoms with Crippen LogP contribution in [0.2, 0.25) is 0 Å². The van der Waals surface area contributed by atoms with Crippen molar-refractivity contribution < 1.29 is 0 Å². The minimum Gasteiger partial charge on any atom is -0.310 e. The van der Waals surface area contributed by atoms with Gasteiger partial charge in [0.2, 0.25) is 0 Å². The van der Waals surface area contributed by atoms with Gasteiger partial charge < -0.3 is 9.80 Å². The summed E-state index contributed by atoms with van der Waals surface area (Å²) in [5.74, 6) is 0. The first kappa shape index (κ1) is 35.7. The van der Waals surface area contributed by atoms with Gasteiger partial charge in [-0.1, -0.05) is 170 Å². The van der Waals surface area contributed by atoms with Crippen LogP contribution in [-0.2, 0) is 5.41 Å². The standard InChI is InChI=1S/C61H38N2SSi/c1-2-18-39(19-3-1)62-51-27-11-8-24-47(51)61(48-25-9-12-28-52(48)62)49-26-10-13-29-53(49)63(54-37-46-41-20-4-14-30-55(41)64-56(46)38-50(54)61)40-34-35-45-44-23-7-17-33-59(44)65(60(45)36-40)57-31-15-5-21-42(57)43-22-6-16-32-58(43)65/h1-38H. The quantitative estimate of drug-likeness (QED) is 0.160. The molecule has 302 valence electrons. The van der Waals surface area contributed by atoms with Crippen LogP contribution in [0.4, 0.5) is 34.1 Å². The number of hydrogen-bond acceptors (Lipinski definition) is 3. The zero-order valence-electron chi connectivity index (χ0n) is 35.2. The first-order chi connectivity index (χ1) is 32.3. The van der Waals surface area contributed by atoms with Crippen LogP contribution in [0, 0.1) is 0 Å². The van der Waals surface area contributed by atoms with E-state index in [1.807, 2.05) is 11.3 Å². The van der Waals surface area contributed by atoms with Crippen LogP contribution in [-0.4, -0.2) is 8.07 Å². The smallest absolute Gasteiger partial charge is 0.182 e. The zero-order chi connectivity index (χ0) is 42.4. The second-order valence-corrected chi connectivity index (χ2v) is 22.6. The van der Waals surface area contributed by atoms with Gasteiger partial charge in [-0.25, -0.2) is 0 Å². The molecule has 4 aliphatic heterocycles. The Hall–Kier alpha value is -7.76. The molecule has 0 amide bonds. The minimum absolute atomic E-state index is 0.627. The molecule has 0 bridgehead atoms. The van der Waals surface area contributed by atoms with E-state index in [1.165, 1.54) is 114 Å². The van der Waals surface area contributed by atoms with Gasteiger partial charge in [-0.15, -0.1) is 11.3 Å². The van der Waals surface area contributed by atoms with E-state index in [9.17, 15) is 0 Å². The fourth-order valence-electron chi connectivity index (χ4n) is 12.7. The highest BCUT2D eigenvalue weighted by Crippen LogP contribution is 2.64. The number of anilines is 6. The molecule has 4 aliphatic rings. The summed E-state index contributed by atoms with van der Waals surface area (Å²) in [7, 11) is -2.70. The van der Waals surface area contributed by atoms with Gasteiger partial charge in [0.15, 0.2) is 8.07 Å². The third-order valence-electron chi connectivity index (χ3n) is 15.0. The second kappa shape index (κ2) is 12.9. The van der Waals surface area contributed by atoms with Crippen molar-refractivity contribution in [2.75, 3.05) is 9.80 Å². The van der Waals surface area contributed by atoms with Gasteiger partial charge in [0.25, 0.3) is 0 Å². The highest BCUT2D eigenvalue weighted by atomic mass is 32.1. The summed E-state index contributed by atoms with van der Waals surface area (Å²) >= 11 is 1.91. The van der Waals surface area contributed by atoms with Crippen molar-refractivity contribution in [1.29, 1.82) is 0 Å². The highest BCUT2D eigenvalue weighted by Gasteiger charge is 2.55. The number of para-hydroxylation sites is 4. The molecule has 0 aliphatic carbocycles. The molecule has 5 heterocycles. The second-order valence-electron chi connectivity index (χ2n) is 17.9. The van der Waals surface area contributed by atoms with Crippen LogP contribution in [0.15, 0.2) is 231 Å². The molecule has 0 unspecified atom stereocenters. The van der Waals surface area contributed by atoms with Crippen LogP contribution in [0.1, 0.15) is 22.3 Å². The topological polar surface area (TPSA) is 6.48 Å². The van der Waals surface area contributed by atoms with Crippen LogP contribution in [0.25, 0.3) is 42.4 Å². The van der Waals surface area contributed by atoms with E-state index in [2.05, 4.69) is 240 Å². The number of rotatable bonds is 2. The van der Waals surface area contributed by atoms with E-state index in [0.717, 1.165) is 5.69 Å². The molecule has 0 atom stereocenters. The van der Waals surface area contributed by atoms with Crippen molar-refractivity contribution in [2.24, 2.45) is 0 Å². The highest BCUT2D eigenvalue weighted by molar-refractivity contribution is 7.26. The molecule has 11 aromatic rings. The Morgan fingerprint density at radius 3 is 1.38 bits per heavy atom. The molecule has 2 spiro atoms. The molecule has 65 heavy (non-hydrogen) atoms. The summed E-state index contributed by atoms with van der Waals surface area (Å²) < 4.78 is 2.61. The Kier molecular flexibility index (Phi) is 7.09. The Morgan fingerprint density at radius 2 is 0.785 bits per heavy atom. The Bertz CT molecular complexity index is 3720. The van der Waals surface area contributed by atoms with Gasteiger partial charge in [0.1, 0.15) is 0 Å². The van der Waals surface area contributed by atoms with Crippen LogP contribution >= 0.6 is 11.3 Å². The lowest BCUT2D eigenvalue weighted by atomic mass is 9.60. The summed E-state index contributed by atoms with van der Waals surface area (Å²) in [5.41, 5.74) is 17.2. The van der Waals surface area contributed by atoms with Crippen molar-refractivity contribution in [3.8, 4) is 22.3 Å². The van der Waals surface area contributed by atoms with Crippen LogP contribution in [0.5, 0.6) is 0 Å². The van der Waals surface area contributed by atoms with Crippen molar-refractivity contribution >= 4 is 94.5 Å². The zero-order valence-corrected chi connectivity index (χ0v) is 37.1. The predicted octanol–water partition coefficient (Wildman–Crippen LogP) is 13.3. The van der Waals surface area contributed by atoms with Gasteiger partial charge >= 0.3 is 0 Å². The molecule has 0 N–H and O–H groups in total. The van der Waals surface area contributed by atoms with Gasteiger partial charge in [0, 0.05) is 31.5 Å². The maximum atomic E-state index is 2.62. The van der Waals surface area contributed by atoms with E-state index in [4.69, 9.17) is 0 Å². The van der Waals surface area contributed by atoms with Gasteiger partial charge in [-0.3, -0.25) is 0 Å². The number of thiophene rings is 1. The minimum atomic E-state index is -2.70. The Labute approximate surface area is 382 Å². The van der Waals surface area contributed by atoms with E-state index in [-0.39, 0.29) is 0 Å². The van der Waals surface area contributed by atoms with E-state index >= 15 is 0 Å². The number of nitrogens with zero attached hydrogens (tertiary/aromatic N) is 2. The average molecular weight is 859 g/mol. The molecular formula is C61H38N2SSi. The lowest BCUT2D eigenvalue weighted by Crippen LogP contribution is -2.70. The number of fused-ring (bicyclic) bond motifs is 21. The maximum absolute atomic E-state index is 2.70. The number of hydrogen-bond donors (Lipinski definition) is 0. The molecule has 0 saturated heterocycles. The molecule has 0 radical (unpaired) electrons. The molecule has 10 aromatic carbocycles. The average Bonchev–Trinajstić information content (AvgIpc) is 3.99. The molecule has 1 aromatic heterocycles.